The van der Waals surface area contributed by atoms with E-state index in [4.69, 9.17) is 4.74 Å². The molecule has 0 aliphatic heterocycles. The fourth-order valence-corrected chi connectivity index (χ4v) is 2.90. The van der Waals surface area contributed by atoms with Gasteiger partial charge in [0.25, 0.3) is 5.91 Å². The number of imidazole rings is 1. The zero-order valence-electron chi connectivity index (χ0n) is 16.6. The number of amides is 1. The molecule has 0 aliphatic rings. The topological polar surface area (TPSA) is 113 Å². The van der Waals surface area contributed by atoms with Gasteiger partial charge in [0.1, 0.15) is 24.2 Å². The van der Waals surface area contributed by atoms with Crippen LogP contribution in [0.25, 0.3) is 11.5 Å². The van der Waals surface area contributed by atoms with Crippen LogP contribution in [0.4, 0.5) is 5.69 Å². The Labute approximate surface area is 182 Å². The lowest BCUT2D eigenvalue weighted by Gasteiger charge is -2.08. The highest BCUT2D eigenvalue weighted by Gasteiger charge is 2.12. The van der Waals surface area contributed by atoms with Crippen molar-refractivity contribution < 1.29 is 9.53 Å². The van der Waals surface area contributed by atoms with E-state index >= 15 is 0 Å². The van der Waals surface area contributed by atoms with Gasteiger partial charge in [-0.25, -0.2) is 15.0 Å². The molecular weight excluding hydrogens is 408 g/mol. The molecule has 0 fully saturated rings. The number of para-hydroxylation sites is 1. The number of nitrogens with zero attached hydrogens (tertiary/aromatic N) is 7. The Morgan fingerprint density at radius 1 is 1.00 bits per heavy atom. The van der Waals surface area contributed by atoms with E-state index in [0.29, 0.717) is 23.1 Å². The summed E-state index contributed by atoms with van der Waals surface area (Å²) in [6.45, 7) is 0. The minimum absolute atomic E-state index is 0.210. The number of rotatable bonds is 6. The lowest BCUT2D eigenvalue weighted by atomic mass is 10.3. The number of carbonyl (C=O) groups excluding carboxylic acids is 1. The number of anilines is 1. The van der Waals surface area contributed by atoms with Gasteiger partial charge >= 0.3 is 0 Å². The number of nitrogens with one attached hydrogen (secondary N) is 1. The molecular formula is C22H16N8O2. The van der Waals surface area contributed by atoms with Crippen LogP contribution in [0, 0.1) is 0 Å². The first kappa shape index (κ1) is 19.1. The summed E-state index contributed by atoms with van der Waals surface area (Å²) >= 11 is 0. The molecule has 0 bridgehead atoms. The van der Waals surface area contributed by atoms with E-state index in [2.05, 4.69) is 30.5 Å². The third kappa shape index (κ3) is 4.19. The molecule has 0 radical (unpaired) electrons. The maximum absolute atomic E-state index is 12.5. The van der Waals surface area contributed by atoms with Crippen molar-refractivity contribution in [1.29, 1.82) is 0 Å². The fraction of sp³-hybridized carbons (Fsp3) is 0. The maximum Gasteiger partial charge on any atom is 0.277 e. The van der Waals surface area contributed by atoms with Crippen LogP contribution in [0.3, 0.4) is 0 Å². The Hall–Kier alpha value is -4.86. The lowest BCUT2D eigenvalue weighted by Crippen LogP contribution is -2.13. The number of aromatic nitrogens is 7. The Balaban J connectivity index is 1.24. The predicted octanol–water partition coefficient (Wildman–Crippen LogP) is 3.29. The maximum atomic E-state index is 12.5. The molecule has 2 aromatic carbocycles. The smallest absolute Gasteiger partial charge is 0.277 e. The van der Waals surface area contributed by atoms with Crippen molar-refractivity contribution in [1.82, 2.24) is 34.5 Å². The zero-order valence-corrected chi connectivity index (χ0v) is 16.6. The van der Waals surface area contributed by atoms with Crippen LogP contribution < -0.4 is 10.1 Å². The van der Waals surface area contributed by atoms with E-state index in [-0.39, 0.29) is 11.6 Å². The zero-order chi connectivity index (χ0) is 21.8. The van der Waals surface area contributed by atoms with Gasteiger partial charge in [-0.05, 0) is 36.4 Å². The highest BCUT2D eigenvalue weighted by Crippen LogP contribution is 2.22. The highest BCUT2D eigenvalue weighted by molar-refractivity contribution is 6.02. The molecule has 0 atom stereocenters. The van der Waals surface area contributed by atoms with Gasteiger partial charge in [-0.15, -0.1) is 5.10 Å². The number of hydrogen-bond acceptors (Lipinski definition) is 7. The van der Waals surface area contributed by atoms with Crippen LogP contribution in [0.2, 0.25) is 0 Å². The molecule has 10 nitrogen and oxygen atoms in total. The average molecular weight is 424 g/mol. The van der Waals surface area contributed by atoms with Gasteiger partial charge in [-0.2, -0.15) is 9.90 Å². The van der Waals surface area contributed by atoms with E-state index in [1.807, 2.05) is 30.3 Å². The standard InChI is InChI=1S/C22H16N8O2/c31-22(19-13-26-30(28-19)17-4-2-1-3-5-17)27-16-6-8-18(9-7-16)32-21-12-20(24-14-25-21)29-11-10-23-15-29/h1-15H,(H,27,31). The molecule has 1 amide bonds. The van der Waals surface area contributed by atoms with Gasteiger partial charge < -0.3 is 10.1 Å². The van der Waals surface area contributed by atoms with Crippen LogP contribution in [0.5, 0.6) is 11.6 Å². The number of benzene rings is 2. The molecule has 0 aliphatic carbocycles. The fourth-order valence-electron chi connectivity index (χ4n) is 2.90. The number of carbonyl (C=O) groups is 1. The molecule has 5 aromatic rings. The molecule has 0 spiro atoms. The Morgan fingerprint density at radius 3 is 2.62 bits per heavy atom. The summed E-state index contributed by atoms with van der Waals surface area (Å²) in [5.74, 6) is 1.23. The number of hydrogen-bond donors (Lipinski definition) is 1. The molecule has 10 heteroatoms. The second-order valence-corrected chi connectivity index (χ2v) is 6.62. The molecule has 32 heavy (non-hydrogen) atoms. The molecule has 1 N–H and O–H groups in total. The Kier molecular flexibility index (Phi) is 5.07. The Morgan fingerprint density at radius 2 is 1.84 bits per heavy atom. The van der Waals surface area contributed by atoms with Crippen molar-refractivity contribution >= 4 is 11.6 Å². The summed E-state index contributed by atoms with van der Waals surface area (Å²) in [5, 5.41) is 11.2. The summed E-state index contributed by atoms with van der Waals surface area (Å²) in [5.41, 5.74) is 1.58. The molecule has 156 valence electrons. The van der Waals surface area contributed by atoms with Crippen molar-refractivity contribution in [3.8, 4) is 23.1 Å². The first-order chi connectivity index (χ1) is 15.7. The first-order valence-corrected chi connectivity index (χ1v) is 9.62. The third-order valence-electron chi connectivity index (χ3n) is 4.44. The van der Waals surface area contributed by atoms with Gasteiger partial charge in [-0.3, -0.25) is 9.36 Å². The van der Waals surface area contributed by atoms with Crippen LogP contribution in [-0.2, 0) is 0 Å². The van der Waals surface area contributed by atoms with Gasteiger partial charge in [0.2, 0.25) is 5.88 Å². The van der Waals surface area contributed by atoms with Gasteiger partial charge in [-0.1, -0.05) is 18.2 Å². The van der Waals surface area contributed by atoms with Crippen molar-refractivity contribution in [3.63, 3.8) is 0 Å². The van der Waals surface area contributed by atoms with E-state index in [0.717, 1.165) is 5.69 Å². The van der Waals surface area contributed by atoms with Crippen LogP contribution in [-0.4, -0.2) is 40.4 Å². The molecule has 5 rings (SSSR count). The largest absolute Gasteiger partial charge is 0.439 e. The summed E-state index contributed by atoms with van der Waals surface area (Å²) in [4.78, 5) is 26.2. The van der Waals surface area contributed by atoms with Crippen LogP contribution in [0.1, 0.15) is 10.5 Å². The molecule has 0 unspecified atom stereocenters. The van der Waals surface area contributed by atoms with E-state index in [9.17, 15) is 4.79 Å². The molecule has 3 heterocycles. The van der Waals surface area contributed by atoms with Gasteiger partial charge in [0.15, 0.2) is 5.69 Å². The monoisotopic (exact) mass is 424 g/mol. The summed E-state index contributed by atoms with van der Waals surface area (Å²) in [6.07, 6.45) is 7.93. The summed E-state index contributed by atoms with van der Waals surface area (Å²) in [7, 11) is 0. The van der Waals surface area contributed by atoms with Crippen molar-refractivity contribution in [2.24, 2.45) is 0 Å². The van der Waals surface area contributed by atoms with Crippen LogP contribution in [0.15, 0.2) is 91.9 Å². The average Bonchev–Trinajstić information content (AvgIpc) is 3.54. The lowest BCUT2D eigenvalue weighted by molar-refractivity contribution is 0.102. The third-order valence-corrected chi connectivity index (χ3v) is 4.44. The van der Waals surface area contributed by atoms with Crippen molar-refractivity contribution in [2.75, 3.05) is 5.32 Å². The Bertz CT molecular complexity index is 1330. The molecule has 0 saturated heterocycles. The van der Waals surface area contributed by atoms with Crippen molar-refractivity contribution in [2.45, 2.75) is 0 Å². The molecule has 3 aromatic heterocycles. The quantitative estimate of drug-likeness (QED) is 0.445. The van der Waals surface area contributed by atoms with E-state index < -0.39 is 0 Å². The van der Waals surface area contributed by atoms with Gasteiger partial charge in [0.05, 0.1) is 11.9 Å². The van der Waals surface area contributed by atoms with E-state index in [1.165, 1.54) is 17.3 Å². The second kappa shape index (κ2) is 8.48. The van der Waals surface area contributed by atoms with Gasteiger partial charge in [0, 0.05) is 24.1 Å². The van der Waals surface area contributed by atoms with E-state index in [1.54, 1.807) is 53.6 Å². The minimum atomic E-state index is -0.360. The second-order valence-electron chi connectivity index (χ2n) is 6.62. The highest BCUT2D eigenvalue weighted by atomic mass is 16.5. The number of ether oxygens (including phenoxy) is 1. The first-order valence-electron chi connectivity index (χ1n) is 9.62. The SMILES string of the molecule is O=C(Nc1ccc(Oc2cc(-n3ccnc3)ncn2)cc1)c1cnn(-c2ccccc2)n1. The summed E-state index contributed by atoms with van der Waals surface area (Å²) in [6, 6.07) is 18.0. The summed E-state index contributed by atoms with van der Waals surface area (Å²) < 4.78 is 7.54. The normalized spacial score (nSPS) is 10.6. The minimum Gasteiger partial charge on any atom is -0.439 e. The molecule has 0 saturated carbocycles. The van der Waals surface area contributed by atoms with Crippen molar-refractivity contribution in [3.05, 3.63) is 97.6 Å². The van der Waals surface area contributed by atoms with Crippen LogP contribution >= 0.6 is 0 Å². The predicted molar refractivity (Wildman–Crippen MR) is 115 cm³/mol.